The summed E-state index contributed by atoms with van der Waals surface area (Å²) in [6, 6.07) is 15.4. The maximum Gasteiger partial charge on any atom is 0.389 e. The van der Waals surface area contributed by atoms with Crippen LogP contribution in [0.3, 0.4) is 0 Å². The van der Waals surface area contributed by atoms with Crippen LogP contribution in [-0.2, 0) is 0 Å². The zero-order chi connectivity index (χ0) is 23.6. The summed E-state index contributed by atoms with van der Waals surface area (Å²) in [4.78, 5) is 8.85. The molecule has 4 aromatic rings. The minimum atomic E-state index is -4.19. The van der Waals surface area contributed by atoms with Gasteiger partial charge >= 0.3 is 6.18 Å². The van der Waals surface area contributed by atoms with Gasteiger partial charge < -0.3 is 9.88 Å². The normalized spacial score (nSPS) is 11.7. The van der Waals surface area contributed by atoms with Crippen molar-refractivity contribution in [3.05, 3.63) is 76.4 Å². The van der Waals surface area contributed by atoms with Gasteiger partial charge in [-0.3, -0.25) is 5.41 Å². The standard InChI is InChI=1S/C24H21BrF3N5/c1-15-3-9-19(10-4-15)33-14-17-13-31-23(30-12-2-11-24(26,27)28)32-21(17)20(22(33)29)16-5-7-18(25)8-6-16/h3-10,13-14,29H,2,11-12H2,1H3,(H,30,32). The molecule has 0 bridgehead atoms. The SMILES string of the molecule is Cc1ccc(-n2cc3cnc(NCCCC(F)(F)F)nc3c(-c3ccc(Br)cc3)c2=N)cc1. The molecular weight excluding hydrogens is 495 g/mol. The van der Waals surface area contributed by atoms with E-state index in [9.17, 15) is 13.2 Å². The summed E-state index contributed by atoms with van der Waals surface area (Å²) >= 11 is 3.44. The molecule has 9 heteroatoms. The molecule has 0 saturated carbocycles. The number of hydrogen-bond donors (Lipinski definition) is 2. The molecule has 170 valence electrons. The first-order valence-electron chi connectivity index (χ1n) is 10.3. The van der Waals surface area contributed by atoms with E-state index in [4.69, 9.17) is 5.41 Å². The Morgan fingerprint density at radius 3 is 2.42 bits per heavy atom. The van der Waals surface area contributed by atoms with E-state index in [0.29, 0.717) is 16.5 Å². The number of nitrogens with one attached hydrogen (secondary N) is 2. The van der Waals surface area contributed by atoms with Gasteiger partial charge in [0.1, 0.15) is 5.49 Å². The lowest BCUT2D eigenvalue weighted by Crippen LogP contribution is -2.21. The van der Waals surface area contributed by atoms with Crippen molar-refractivity contribution in [2.45, 2.75) is 25.9 Å². The second-order valence-corrected chi connectivity index (χ2v) is 8.62. The molecule has 0 radical (unpaired) electrons. The fourth-order valence-electron chi connectivity index (χ4n) is 3.50. The average molecular weight is 516 g/mol. The first-order chi connectivity index (χ1) is 15.7. The molecule has 0 fully saturated rings. The van der Waals surface area contributed by atoms with Crippen molar-refractivity contribution in [1.82, 2.24) is 14.5 Å². The van der Waals surface area contributed by atoms with Crippen LogP contribution in [0.5, 0.6) is 0 Å². The number of aromatic nitrogens is 3. The molecule has 4 rings (SSSR count). The number of benzene rings is 2. The number of pyridine rings is 1. The minimum absolute atomic E-state index is 0.0730. The highest BCUT2D eigenvalue weighted by atomic mass is 79.9. The summed E-state index contributed by atoms with van der Waals surface area (Å²) in [6.45, 7) is 2.10. The molecule has 0 aliphatic carbocycles. The summed E-state index contributed by atoms with van der Waals surface area (Å²) in [5.74, 6) is 0.232. The van der Waals surface area contributed by atoms with Crippen molar-refractivity contribution in [2.75, 3.05) is 11.9 Å². The van der Waals surface area contributed by atoms with E-state index in [-0.39, 0.29) is 24.4 Å². The van der Waals surface area contributed by atoms with Crippen LogP contribution in [0.2, 0.25) is 0 Å². The minimum Gasteiger partial charge on any atom is -0.354 e. The van der Waals surface area contributed by atoms with Gasteiger partial charge in [-0.1, -0.05) is 45.8 Å². The van der Waals surface area contributed by atoms with Gasteiger partial charge in [0, 0.05) is 40.9 Å². The van der Waals surface area contributed by atoms with Gasteiger partial charge in [0.25, 0.3) is 0 Å². The number of alkyl halides is 3. The quantitative estimate of drug-likeness (QED) is 0.292. The predicted molar refractivity (Wildman–Crippen MR) is 126 cm³/mol. The molecule has 0 atom stereocenters. The molecule has 0 spiro atoms. The Morgan fingerprint density at radius 1 is 1.06 bits per heavy atom. The highest BCUT2D eigenvalue weighted by Gasteiger charge is 2.25. The lowest BCUT2D eigenvalue weighted by molar-refractivity contribution is -0.134. The smallest absolute Gasteiger partial charge is 0.354 e. The van der Waals surface area contributed by atoms with Crippen LogP contribution < -0.4 is 10.8 Å². The van der Waals surface area contributed by atoms with E-state index in [0.717, 1.165) is 21.3 Å². The summed E-state index contributed by atoms with van der Waals surface area (Å²) in [5, 5.41) is 12.5. The zero-order valence-corrected chi connectivity index (χ0v) is 19.3. The van der Waals surface area contributed by atoms with E-state index in [1.165, 1.54) is 0 Å². The Morgan fingerprint density at radius 2 is 1.76 bits per heavy atom. The third-order valence-corrected chi connectivity index (χ3v) is 5.69. The molecule has 0 aliphatic heterocycles. The van der Waals surface area contributed by atoms with E-state index in [1.54, 1.807) is 17.0 Å². The van der Waals surface area contributed by atoms with Crippen LogP contribution in [0.15, 0.2) is 65.4 Å². The first kappa shape index (κ1) is 23.0. The van der Waals surface area contributed by atoms with Crippen LogP contribution in [0.4, 0.5) is 19.1 Å². The van der Waals surface area contributed by atoms with Crippen LogP contribution in [0, 0.1) is 12.3 Å². The van der Waals surface area contributed by atoms with Crippen molar-refractivity contribution in [1.29, 1.82) is 5.41 Å². The molecule has 0 unspecified atom stereocenters. The fraction of sp³-hybridized carbons (Fsp3) is 0.208. The third-order valence-electron chi connectivity index (χ3n) is 5.16. The second-order valence-electron chi connectivity index (χ2n) is 7.71. The van der Waals surface area contributed by atoms with Crippen LogP contribution >= 0.6 is 15.9 Å². The van der Waals surface area contributed by atoms with Gasteiger partial charge in [0.2, 0.25) is 5.95 Å². The molecule has 0 aliphatic rings. The lowest BCUT2D eigenvalue weighted by Gasteiger charge is -2.15. The van der Waals surface area contributed by atoms with Gasteiger partial charge in [0.15, 0.2) is 0 Å². The van der Waals surface area contributed by atoms with Crippen molar-refractivity contribution in [2.24, 2.45) is 0 Å². The number of halogens is 4. The molecule has 33 heavy (non-hydrogen) atoms. The molecule has 2 N–H and O–H groups in total. The molecule has 2 aromatic heterocycles. The first-order valence-corrected chi connectivity index (χ1v) is 11.1. The monoisotopic (exact) mass is 515 g/mol. The zero-order valence-electron chi connectivity index (χ0n) is 17.7. The maximum atomic E-state index is 12.4. The summed E-state index contributed by atoms with van der Waals surface area (Å²) in [6.07, 6.45) is -1.70. The average Bonchev–Trinajstić information content (AvgIpc) is 2.77. The topological polar surface area (TPSA) is 66.6 Å². The molecule has 2 aromatic carbocycles. The van der Waals surface area contributed by atoms with Gasteiger partial charge in [-0.2, -0.15) is 13.2 Å². The van der Waals surface area contributed by atoms with E-state index < -0.39 is 12.6 Å². The van der Waals surface area contributed by atoms with Gasteiger partial charge in [0.05, 0.1) is 11.1 Å². The van der Waals surface area contributed by atoms with Gasteiger partial charge in [-0.15, -0.1) is 0 Å². The highest BCUT2D eigenvalue weighted by molar-refractivity contribution is 9.10. The van der Waals surface area contributed by atoms with E-state index in [1.807, 2.05) is 55.5 Å². The summed E-state index contributed by atoms with van der Waals surface area (Å²) in [7, 11) is 0. The Balaban J connectivity index is 1.80. The number of nitrogens with zero attached hydrogens (tertiary/aromatic N) is 3. The van der Waals surface area contributed by atoms with Crippen LogP contribution in [0.1, 0.15) is 18.4 Å². The van der Waals surface area contributed by atoms with Gasteiger partial charge in [-0.05, 0) is 43.2 Å². The third kappa shape index (κ3) is 5.42. The lowest BCUT2D eigenvalue weighted by atomic mass is 10.0. The largest absolute Gasteiger partial charge is 0.389 e. The van der Waals surface area contributed by atoms with E-state index in [2.05, 4.69) is 31.2 Å². The van der Waals surface area contributed by atoms with Crippen molar-refractivity contribution in [3.8, 4) is 16.8 Å². The number of fused-ring (bicyclic) bond motifs is 1. The van der Waals surface area contributed by atoms with Crippen molar-refractivity contribution < 1.29 is 13.2 Å². The van der Waals surface area contributed by atoms with Crippen LogP contribution in [0.25, 0.3) is 27.7 Å². The Hall–Kier alpha value is -3.20. The number of anilines is 1. The molecule has 0 amide bonds. The Bertz CT molecular complexity index is 1330. The highest BCUT2D eigenvalue weighted by Crippen LogP contribution is 2.27. The van der Waals surface area contributed by atoms with Crippen molar-refractivity contribution >= 4 is 32.8 Å². The molecule has 5 nitrogen and oxygen atoms in total. The maximum absolute atomic E-state index is 12.4. The van der Waals surface area contributed by atoms with Crippen LogP contribution in [-0.4, -0.2) is 27.3 Å². The number of hydrogen-bond acceptors (Lipinski definition) is 4. The number of aryl methyl sites for hydroxylation is 1. The number of rotatable bonds is 6. The summed E-state index contributed by atoms with van der Waals surface area (Å²) in [5.41, 5.74) is 4.16. The fourth-order valence-corrected chi connectivity index (χ4v) is 3.76. The summed E-state index contributed by atoms with van der Waals surface area (Å²) < 4.78 is 39.9. The van der Waals surface area contributed by atoms with E-state index >= 15 is 0 Å². The Kier molecular flexibility index (Phi) is 6.51. The van der Waals surface area contributed by atoms with Gasteiger partial charge in [-0.25, -0.2) is 9.97 Å². The Labute approximate surface area is 197 Å². The van der Waals surface area contributed by atoms with Crippen molar-refractivity contribution in [3.63, 3.8) is 0 Å². The predicted octanol–water partition coefficient (Wildman–Crippen LogP) is 6.39. The molecule has 2 heterocycles. The molecule has 0 saturated heterocycles. The molecular formula is C24H21BrF3N5. The second kappa shape index (κ2) is 9.35.